The monoisotopic (exact) mass is 546 g/mol. The molecule has 1 fully saturated rings. The highest BCUT2D eigenvalue weighted by molar-refractivity contribution is 5.91. The Hall–Kier alpha value is -3.21. The van der Waals surface area contributed by atoms with E-state index in [1.165, 1.54) is 4.90 Å². The van der Waals surface area contributed by atoms with E-state index in [0.717, 1.165) is 37.0 Å². The first-order valence-electron chi connectivity index (χ1n) is 13.8. The third-order valence-electron chi connectivity index (χ3n) is 7.01. The van der Waals surface area contributed by atoms with Gasteiger partial charge in [0.25, 0.3) is 0 Å². The zero-order valence-electron chi connectivity index (χ0n) is 24.1. The first kappa shape index (κ1) is 32.0. The number of carbonyl (C=O) groups excluding carboxylic acids is 2. The van der Waals surface area contributed by atoms with Crippen molar-refractivity contribution in [3.63, 3.8) is 0 Å². The number of nitrogens with two attached hydrogens (primary N) is 1. The Balaban J connectivity index is 1.96. The molecule has 0 aliphatic heterocycles. The Morgan fingerprint density at radius 2 is 1.82 bits per heavy atom. The lowest BCUT2D eigenvalue weighted by Gasteiger charge is -2.30. The van der Waals surface area contributed by atoms with Crippen LogP contribution >= 0.6 is 0 Å². The number of ether oxygens (including phenoxy) is 1. The number of carboxylic acid groups (broad SMARTS) is 1. The van der Waals surface area contributed by atoms with Gasteiger partial charge in [-0.2, -0.15) is 5.11 Å². The Morgan fingerprint density at radius 3 is 2.41 bits per heavy atom. The number of hydrogen-bond acceptors (Lipinski definition) is 7. The molecule has 0 saturated heterocycles. The van der Waals surface area contributed by atoms with Crippen molar-refractivity contribution in [1.82, 2.24) is 15.5 Å². The highest BCUT2D eigenvalue weighted by Gasteiger charge is 2.39. The molecule has 11 heteroatoms. The van der Waals surface area contributed by atoms with E-state index < -0.39 is 30.0 Å². The van der Waals surface area contributed by atoms with Gasteiger partial charge in [0, 0.05) is 13.6 Å². The van der Waals surface area contributed by atoms with E-state index in [2.05, 4.69) is 21.0 Å². The van der Waals surface area contributed by atoms with Gasteiger partial charge in [-0.3, -0.25) is 9.59 Å². The minimum Gasteiger partial charge on any atom is -0.489 e. The zero-order chi connectivity index (χ0) is 29.1. The standard InChI is InChI=1S/C28H46N6O5/c1-17(2)15-23(28(37)38)31-26(35)20(5)34(6)27(36)25(22-13-14-22)30-16-19(4)39-24-10-8-7-9-21(24)12-11-18(3)32-33-29/h7-10,17-20,22-23,25,30H,11-16H2,1-6H3,(H2,29,32)(H,31,35)(H,37,38)/t18-,19+,20+,23+,25-/m0/s1. The first-order chi connectivity index (χ1) is 18.4. The molecule has 1 saturated carbocycles. The molecule has 0 unspecified atom stereocenters. The summed E-state index contributed by atoms with van der Waals surface area (Å²) in [6.07, 6.45) is 3.53. The summed E-state index contributed by atoms with van der Waals surface area (Å²) in [5, 5.41) is 22.7. The number of rotatable bonds is 17. The number of nitrogens with zero attached hydrogens (tertiary/aromatic N) is 3. The van der Waals surface area contributed by atoms with Gasteiger partial charge in [-0.05, 0) is 76.3 Å². The average Bonchev–Trinajstić information content (AvgIpc) is 3.72. The average molecular weight is 547 g/mol. The fraction of sp³-hybridized carbons (Fsp3) is 0.679. The minimum atomic E-state index is -1.08. The lowest BCUT2D eigenvalue weighted by Crippen LogP contribution is -2.55. The fourth-order valence-corrected chi connectivity index (χ4v) is 4.37. The predicted molar refractivity (Wildman–Crippen MR) is 149 cm³/mol. The van der Waals surface area contributed by atoms with Crippen molar-refractivity contribution in [2.75, 3.05) is 13.6 Å². The summed E-state index contributed by atoms with van der Waals surface area (Å²) in [6.45, 7) is 9.76. The van der Waals surface area contributed by atoms with Gasteiger partial charge in [-0.15, -0.1) is 0 Å². The van der Waals surface area contributed by atoms with Crippen molar-refractivity contribution < 1.29 is 24.2 Å². The molecule has 5 atom stereocenters. The number of aryl methyl sites for hydroxylation is 1. The molecule has 0 heterocycles. The fourth-order valence-electron chi connectivity index (χ4n) is 4.37. The maximum absolute atomic E-state index is 13.4. The summed E-state index contributed by atoms with van der Waals surface area (Å²) in [5.41, 5.74) is 1.06. The Kier molecular flexibility index (Phi) is 12.6. The van der Waals surface area contributed by atoms with Gasteiger partial charge in [-0.25, -0.2) is 4.79 Å². The quantitative estimate of drug-likeness (QED) is 0.133. The smallest absolute Gasteiger partial charge is 0.326 e. The molecule has 0 bridgehead atoms. The number of amides is 2. The SMILES string of the molecule is CC(C)C[C@@H](NC(=O)[C@@H](C)N(C)C(=O)[C@@H](NC[C@@H](C)Oc1ccccc1CC[C@H](C)N=NN)C1CC1)C(=O)O. The molecule has 2 rings (SSSR count). The van der Waals surface area contributed by atoms with Crippen LogP contribution in [0.2, 0.25) is 0 Å². The van der Waals surface area contributed by atoms with E-state index in [0.29, 0.717) is 13.0 Å². The van der Waals surface area contributed by atoms with Crippen LogP contribution in [0.15, 0.2) is 34.6 Å². The van der Waals surface area contributed by atoms with Gasteiger partial charge in [0.15, 0.2) is 0 Å². The van der Waals surface area contributed by atoms with E-state index in [4.69, 9.17) is 10.6 Å². The molecular weight excluding hydrogens is 500 g/mol. The lowest BCUT2D eigenvalue weighted by atomic mass is 10.0. The Morgan fingerprint density at radius 1 is 1.15 bits per heavy atom. The highest BCUT2D eigenvalue weighted by Crippen LogP contribution is 2.33. The van der Waals surface area contributed by atoms with Crippen LogP contribution in [0.4, 0.5) is 0 Å². The van der Waals surface area contributed by atoms with Gasteiger partial charge < -0.3 is 31.2 Å². The highest BCUT2D eigenvalue weighted by atomic mass is 16.5. The number of benzene rings is 1. The largest absolute Gasteiger partial charge is 0.489 e. The second-order valence-electron chi connectivity index (χ2n) is 11.0. The van der Waals surface area contributed by atoms with E-state index in [-0.39, 0.29) is 29.9 Å². The molecule has 2 amide bonds. The van der Waals surface area contributed by atoms with Crippen molar-refractivity contribution in [2.45, 2.75) is 97.0 Å². The molecule has 1 aliphatic carbocycles. The molecule has 5 N–H and O–H groups in total. The summed E-state index contributed by atoms with van der Waals surface area (Å²) in [7, 11) is 1.59. The van der Waals surface area contributed by atoms with Crippen LogP contribution in [0, 0.1) is 11.8 Å². The van der Waals surface area contributed by atoms with Gasteiger partial charge in [0.2, 0.25) is 11.8 Å². The van der Waals surface area contributed by atoms with Crippen LogP contribution < -0.4 is 21.2 Å². The number of aliphatic carboxylic acids is 1. The zero-order valence-corrected chi connectivity index (χ0v) is 24.1. The van der Waals surface area contributed by atoms with Crippen LogP contribution in [0.25, 0.3) is 0 Å². The third kappa shape index (κ3) is 10.5. The van der Waals surface area contributed by atoms with Gasteiger partial charge in [0.1, 0.15) is 23.9 Å². The summed E-state index contributed by atoms with van der Waals surface area (Å²) in [6, 6.07) is 5.62. The van der Waals surface area contributed by atoms with Crippen molar-refractivity contribution in [3.8, 4) is 5.75 Å². The first-order valence-corrected chi connectivity index (χ1v) is 13.8. The molecule has 1 aromatic carbocycles. The van der Waals surface area contributed by atoms with E-state index in [1.807, 2.05) is 52.0 Å². The van der Waals surface area contributed by atoms with E-state index in [9.17, 15) is 19.5 Å². The Labute approximate surface area is 231 Å². The molecule has 39 heavy (non-hydrogen) atoms. The second kappa shape index (κ2) is 15.4. The number of nitrogens with one attached hydrogen (secondary N) is 2. The number of hydrogen-bond donors (Lipinski definition) is 4. The summed E-state index contributed by atoms with van der Waals surface area (Å²) in [4.78, 5) is 39.2. The molecule has 11 nitrogen and oxygen atoms in total. The lowest BCUT2D eigenvalue weighted by molar-refractivity contribution is -0.144. The molecular formula is C28H46N6O5. The maximum atomic E-state index is 13.4. The third-order valence-corrected chi connectivity index (χ3v) is 7.01. The predicted octanol–water partition coefficient (Wildman–Crippen LogP) is 2.93. The molecule has 218 valence electrons. The summed E-state index contributed by atoms with van der Waals surface area (Å²) >= 11 is 0. The Bertz CT molecular complexity index is 983. The van der Waals surface area contributed by atoms with E-state index in [1.54, 1.807) is 14.0 Å². The number of carbonyl (C=O) groups is 3. The summed E-state index contributed by atoms with van der Waals surface area (Å²) < 4.78 is 6.23. The van der Waals surface area contributed by atoms with Crippen LogP contribution in [-0.2, 0) is 20.8 Å². The molecule has 1 aliphatic rings. The molecule has 1 aromatic rings. The molecule has 0 spiro atoms. The van der Waals surface area contributed by atoms with E-state index >= 15 is 0 Å². The van der Waals surface area contributed by atoms with Crippen molar-refractivity contribution in [1.29, 1.82) is 0 Å². The van der Waals surface area contributed by atoms with Gasteiger partial charge in [-0.1, -0.05) is 37.3 Å². The normalized spacial score (nSPS) is 17.3. The van der Waals surface area contributed by atoms with Gasteiger partial charge >= 0.3 is 5.97 Å². The van der Waals surface area contributed by atoms with Crippen LogP contribution in [-0.4, -0.2) is 71.7 Å². The topological polar surface area (TPSA) is 159 Å². The molecule has 0 aromatic heterocycles. The van der Waals surface area contributed by atoms with Crippen molar-refractivity contribution in [3.05, 3.63) is 29.8 Å². The summed E-state index contributed by atoms with van der Waals surface area (Å²) in [5.74, 6) is 4.49. The molecule has 0 radical (unpaired) electrons. The number of para-hydroxylation sites is 1. The van der Waals surface area contributed by atoms with Gasteiger partial charge in [0.05, 0.1) is 12.1 Å². The van der Waals surface area contributed by atoms with Crippen LogP contribution in [0.1, 0.15) is 65.9 Å². The van der Waals surface area contributed by atoms with Crippen molar-refractivity contribution in [2.24, 2.45) is 28.0 Å². The second-order valence-corrected chi connectivity index (χ2v) is 11.0. The number of likely N-dealkylation sites (N-methyl/N-ethyl adjacent to an activating group) is 1. The van der Waals surface area contributed by atoms with Crippen LogP contribution in [0.5, 0.6) is 5.75 Å². The number of carboxylic acids is 1. The maximum Gasteiger partial charge on any atom is 0.326 e. The minimum absolute atomic E-state index is 0.0131. The van der Waals surface area contributed by atoms with Crippen LogP contribution in [0.3, 0.4) is 0 Å². The van der Waals surface area contributed by atoms with Crippen molar-refractivity contribution >= 4 is 17.8 Å².